The monoisotopic (exact) mass is 580 g/mol. The van der Waals surface area contributed by atoms with Crippen LogP contribution in [0.4, 0.5) is 0 Å². The van der Waals surface area contributed by atoms with Gasteiger partial charge in [0.1, 0.15) is 25.0 Å². The van der Waals surface area contributed by atoms with E-state index in [0.717, 1.165) is 22.3 Å². The fourth-order valence-corrected chi connectivity index (χ4v) is 4.56. The summed E-state index contributed by atoms with van der Waals surface area (Å²) in [7, 11) is 0. The number of para-hydroxylation sites is 1. The minimum atomic E-state index is -1.01. The summed E-state index contributed by atoms with van der Waals surface area (Å²) in [6, 6.07) is 34.9. The lowest BCUT2D eigenvalue weighted by molar-refractivity contribution is -0.147. The Bertz CT molecular complexity index is 1430. The Morgan fingerprint density at radius 1 is 0.651 bits per heavy atom. The molecule has 8 heteroatoms. The number of carbonyl (C=O) groups is 3. The number of benzene rings is 4. The predicted octanol–water partition coefficient (Wildman–Crippen LogP) is 4.68. The van der Waals surface area contributed by atoms with Crippen LogP contribution in [0.1, 0.15) is 17.5 Å². The number of carbonyl (C=O) groups excluding carboxylic acids is 2. The number of aliphatic carboxylic acids is 1. The molecule has 8 nitrogen and oxygen atoms in total. The van der Waals surface area contributed by atoms with E-state index in [9.17, 15) is 14.4 Å². The average molecular weight is 581 g/mol. The molecule has 0 heterocycles. The first-order valence-electron chi connectivity index (χ1n) is 14.3. The second-order valence-corrected chi connectivity index (χ2v) is 9.99. The lowest BCUT2D eigenvalue weighted by atomic mass is 9.99. The van der Waals surface area contributed by atoms with Gasteiger partial charge in [-0.1, -0.05) is 103 Å². The van der Waals surface area contributed by atoms with E-state index in [0.29, 0.717) is 12.2 Å². The van der Waals surface area contributed by atoms with Gasteiger partial charge in [0.05, 0.1) is 12.5 Å². The topological polar surface area (TPSA) is 114 Å². The summed E-state index contributed by atoms with van der Waals surface area (Å²) >= 11 is 0. The largest absolute Gasteiger partial charge is 0.490 e. The molecule has 0 saturated heterocycles. The minimum absolute atomic E-state index is 0.0198. The molecule has 4 aromatic rings. The molecule has 0 aromatic heterocycles. The lowest BCUT2D eigenvalue weighted by Gasteiger charge is -2.25. The van der Waals surface area contributed by atoms with Crippen LogP contribution in [-0.2, 0) is 32.0 Å². The van der Waals surface area contributed by atoms with E-state index < -0.39 is 29.9 Å². The minimum Gasteiger partial charge on any atom is -0.490 e. The first kappa shape index (κ1) is 31.0. The summed E-state index contributed by atoms with van der Waals surface area (Å²) in [6.45, 7) is 0.193. The number of rotatable bonds is 16. The molecular formula is C35H36N2O6. The molecule has 0 saturated carbocycles. The fourth-order valence-electron chi connectivity index (χ4n) is 4.56. The van der Waals surface area contributed by atoms with Crippen molar-refractivity contribution in [1.82, 2.24) is 10.6 Å². The van der Waals surface area contributed by atoms with Gasteiger partial charge in [0.15, 0.2) is 0 Å². The molecular weight excluding hydrogens is 544 g/mol. The Morgan fingerprint density at radius 2 is 1.21 bits per heavy atom. The van der Waals surface area contributed by atoms with E-state index in [-0.39, 0.29) is 32.6 Å². The molecule has 0 bridgehead atoms. The van der Waals surface area contributed by atoms with Crippen LogP contribution < -0.4 is 15.4 Å². The lowest BCUT2D eigenvalue weighted by Crippen LogP contribution is -2.53. The van der Waals surface area contributed by atoms with Gasteiger partial charge in [-0.2, -0.15) is 0 Å². The third kappa shape index (κ3) is 10.4. The predicted molar refractivity (Wildman–Crippen MR) is 165 cm³/mol. The molecule has 1 unspecified atom stereocenters. The Hall–Kier alpha value is -4.95. The molecule has 0 radical (unpaired) electrons. The molecule has 0 spiro atoms. The standard InChI is InChI=1S/C35H36N2O6/c38-33(39)20-21-36-34(40)31(24-26-10-4-1-5-11-26)37-32(35(41)43-23-22-42-30-14-8-3-9-15-30)25-27-16-18-29(19-17-27)28-12-6-2-7-13-28/h1-19,31-32,37H,20-25H2,(H,36,40)(H,38,39)/t31-,32?/m0/s1. The van der Waals surface area contributed by atoms with Gasteiger partial charge >= 0.3 is 11.9 Å². The molecule has 222 valence electrons. The molecule has 4 aromatic carbocycles. The van der Waals surface area contributed by atoms with Crippen LogP contribution in [0.25, 0.3) is 11.1 Å². The Morgan fingerprint density at radius 3 is 1.86 bits per heavy atom. The van der Waals surface area contributed by atoms with E-state index in [4.69, 9.17) is 14.6 Å². The fraction of sp³-hybridized carbons (Fsp3) is 0.229. The molecule has 0 aliphatic carbocycles. The zero-order valence-electron chi connectivity index (χ0n) is 23.9. The summed E-state index contributed by atoms with van der Waals surface area (Å²) in [4.78, 5) is 37.6. The highest BCUT2D eigenvalue weighted by Gasteiger charge is 2.28. The highest BCUT2D eigenvalue weighted by Crippen LogP contribution is 2.20. The van der Waals surface area contributed by atoms with Crippen molar-refractivity contribution in [3.8, 4) is 16.9 Å². The van der Waals surface area contributed by atoms with E-state index in [1.807, 2.05) is 115 Å². The second-order valence-electron chi connectivity index (χ2n) is 9.99. The molecule has 0 fully saturated rings. The van der Waals surface area contributed by atoms with Crippen LogP contribution in [0.2, 0.25) is 0 Å². The molecule has 0 aliphatic rings. The van der Waals surface area contributed by atoms with Gasteiger partial charge in [-0.05, 0) is 47.2 Å². The second kappa shape index (κ2) is 16.5. The zero-order chi connectivity index (χ0) is 30.3. The van der Waals surface area contributed by atoms with E-state index in [2.05, 4.69) is 10.6 Å². The summed E-state index contributed by atoms with van der Waals surface area (Å²) < 4.78 is 11.3. The molecule has 1 amide bonds. The van der Waals surface area contributed by atoms with Crippen molar-refractivity contribution in [2.75, 3.05) is 19.8 Å². The molecule has 43 heavy (non-hydrogen) atoms. The van der Waals surface area contributed by atoms with Crippen molar-refractivity contribution < 1.29 is 29.0 Å². The van der Waals surface area contributed by atoms with E-state index in [1.54, 1.807) is 0 Å². The normalized spacial score (nSPS) is 12.1. The maximum Gasteiger partial charge on any atom is 0.323 e. The van der Waals surface area contributed by atoms with Gasteiger partial charge in [-0.3, -0.25) is 19.7 Å². The number of amides is 1. The number of carboxylic acids is 1. The smallest absolute Gasteiger partial charge is 0.323 e. The van der Waals surface area contributed by atoms with Gasteiger partial charge in [-0.15, -0.1) is 0 Å². The van der Waals surface area contributed by atoms with Gasteiger partial charge in [0.2, 0.25) is 5.91 Å². The van der Waals surface area contributed by atoms with E-state index >= 15 is 0 Å². The highest BCUT2D eigenvalue weighted by molar-refractivity contribution is 5.84. The first-order chi connectivity index (χ1) is 21.0. The number of ether oxygens (including phenoxy) is 2. The maximum atomic E-state index is 13.4. The van der Waals surface area contributed by atoms with Crippen LogP contribution in [0.15, 0.2) is 115 Å². The summed E-state index contributed by atoms with van der Waals surface area (Å²) in [5.74, 6) is -1.24. The molecule has 0 aliphatic heterocycles. The Balaban J connectivity index is 1.49. The summed E-state index contributed by atoms with van der Waals surface area (Å²) in [5, 5.41) is 14.9. The number of nitrogens with one attached hydrogen (secondary N) is 2. The Kier molecular flexibility index (Phi) is 11.9. The zero-order valence-corrected chi connectivity index (χ0v) is 23.9. The summed E-state index contributed by atoms with van der Waals surface area (Å²) in [5.41, 5.74) is 3.92. The van der Waals surface area contributed by atoms with Crippen molar-refractivity contribution in [2.45, 2.75) is 31.3 Å². The van der Waals surface area contributed by atoms with Crippen molar-refractivity contribution >= 4 is 17.8 Å². The number of carboxylic acid groups (broad SMARTS) is 1. The van der Waals surface area contributed by atoms with Crippen molar-refractivity contribution in [3.63, 3.8) is 0 Å². The van der Waals surface area contributed by atoms with E-state index in [1.165, 1.54) is 0 Å². The summed E-state index contributed by atoms with van der Waals surface area (Å²) in [6.07, 6.45) is 0.374. The van der Waals surface area contributed by atoms with Crippen LogP contribution in [0.3, 0.4) is 0 Å². The van der Waals surface area contributed by atoms with Crippen molar-refractivity contribution in [1.29, 1.82) is 0 Å². The van der Waals surface area contributed by atoms with Crippen LogP contribution in [0, 0.1) is 0 Å². The van der Waals surface area contributed by atoms with Gasteiger partial charge in [0, 0.05) is 6.54 Å². The highest BCUT2D eigenvalue weighted by atomic mass is 16.6. The molecule has 3 N–H and O–H groups in total. The third-order valence-corrected chi connectivity index (χ3v) is 6.76. The average Bonchev–Trinajstić information content (AvgIpc) is 3.04. The van der Waals surface area contributed by atoms with Gasteiger partial charge in [-0.25, -0.2) is 0 Å². The van der Waals surface area contributed by atoms with Gasteiger partial charge in [0.25, 0.3) is 0 Å². The van der Waals surface area contributed by atoms with Gasteiger partial charge < -0.3 is 19.9 Å². The number of hydrogen-bond donors (Lipinski definition) is 3. The quantitative estimate of drug-likeness (QED) is 0.130. The maximum absolute atomic E-state index is 13.4. The van der Waals surface area contributed by atoms with Crippen LogP contribution in [-0.4, -0.2) is 54.8 Å². The molecule has 2 atom stereocenters. The first-order valence-corrected chi connectivity index (χ1v) is 14.3. The van der Waals surface area contributed by atoms with Crippen LogP contribution in [0.5, 0.6) is 5.75 Å². The third-order valence-electron chi connectivity index (χ3n) is 6.76. The van der Waals surface area contributed by atoms with Crippen LogP contribution >= 0.6 is 0 Å². The van der Waals surface area contributed by atoms with Crippen molar-refractivity contribution in [3.05, 3.63) is 126 Å². The van der Waals surface area contributed by atoms with Crippen molar-refractivity contribution in [2.24, 2.45) is 0 Å². The number of hydrogen-bond acceptors (Lipinski definition) is 6. The molecule has 4 rings (SSSR count). The SMILES string of the molecule is O=C(O)CCNC(=O)[C@H](Cc1ccccc1)NC(Cc1ccc(-c2ccccc2)cc1)C(=O)OCCOc1ccccc1. The number of esters is 1. The Labute approximate surface area is 251 Å².